The number of carbonyl (C=O) groups excluding carboxylic acids is 1. The van der Waals surface area contributed by atoms with Crippen molar-refractivity contribution in [3.05, 3.63) is 36.2 Å². The second-order valence-corrected chi connectivity index (χ2v) is 3.62. The SMILES string of the molecule is CC(C)=CC(=O)Oc1ccc2ocnc2c1. The molecule has 2 aromatic rings. The van der Waals surface area contributed by atoms with Crippen molar-refractivity contribution in [3.8, 4) is 5.75 Å². The molecular formula is C12H11NO3. The maximum Gasteiger partial charge on any atom is 0.336 e. The summed E-state index contributed by atoms with van der Waals surface area (Å²) in [6.45, 7) is 3.67. The van der Waals surface area contributed by atoms with Crippen LogP contribution in [0.1, 0.15) is 13.8 Å². The van der Waals surface area contributed by atoms with E-state index in [0.29, 0.717) is 16.8 Å². The molecule has 0 saturated heterocycles. The van der Waals surface area contributed by atoms with Gasteiger partial charge in [-0.15, -0.1) is 0 Å². The molecule has 0 radical (unpaired) electrons. The predicted molar refractivity (Wildman–Crippen MR) is 59.1 cm³/mol. The average molecular weight is 217 g/mol. The Morgan fingerprint density at radius 1 is 1.44 bits per heavy atom. The summed E-state index contributed by atoms with van der Waals surface area (Å²) in [4.78, 5) is 15.3. The normalized spacial score (nSPS) is 10.1. The van der Waals surface area contributed by atoms with Gasteiger partial charge in [0.15, 0.2) is 12.0 Å². The minimum absolute atomic E-state index is 0.386. The van der Waals surface area contributed by atoms with E-state index in [9.17, 15) is 4.79 Å². The van der Waals surface area contributed by atoms with Gasteiger partial charge in [-0.1, -0.05) is 5.57 Å². The minimum atomic E-state index is -0.386. The Morgan fingerprint density at radius 2 is 2.25 bits per heavy atom. The molecule has 16 heavy (non-hydrogen) atoms. The molecule has 4 nitrogen and oxygen atoms in total. The number of esters is 1. The van der Waals surface area contributed by atoms with Crippen LogP contribution in [0.15, 0.2) is 40.7 Å². The van der Waals surface area contributed by atoms with Crippen molar-refractivity contribution in [1.82, 2.24) is 4.98 Å². The number of nitrogens with zero attached hydrogens (tertiary/aromatic N) is 1. The third-order valence-electron chi connectivity index (χ3n) is 1.93. The Balaban J connectivity index is 2.21. The fourth-order valence-corrected chi connectivity index (χ4v) is 1.28. The van der Waals surface area contributed by atoms with Gasteiger partial charge in [0.25, 0.3) is 0 Å². The van der Waals surface area contributed by atoms with Gasteiger partial charge in [-0.2, -0.15) is 0 Å². The molecule has 1 aromatic carbocycles. The van der Waals surface area contributed by atoms with Crippen LogP contribution in [0.5, 0.6) is 5.75 Å². The number of oxazole rings is 1. The lowest BCUT2D eigenvalue weighted by Crippen LogP contribution is -2.04. The number of fused-ring (bicyclic) bond motifs is 1. The van der Waals surface area contributed by atoms with E-state index in [4.69, 9.17) is 9.15 Å². The molecule has 0 amide bonds. The molecule has 0 aliphatic rings. The first-order valence-electron chi connectivity index (χ1n) is 4.85. The van der Waals surface area contributed by atoms with Gasteiger partial charge < -0.3 is 9.15 Å². The molecule has 4 heteroatoms. The van der Waals surface area contributed by atoms with E-state index in [1.807, 2.05) is 13.8 Å². The quantitative estimate of drug-likeness (QED) is 0.441. The van der Waals surface area contributed by atoms with E-state index >= 15 is 0 Å². The summed E-state index contributed by atoms with van der Waals surface area (Å²) in [6, 6.07) is 5.05. The first kappa shape index (κ1) is 10.4. The third kappa shape index (κ3) is 2.28. The number of benzene rings is 1. The molecule has 0 atom stereocenters. The van der Waals surface area contributed by atoms with Crippen LogP contribution >= 0.6 is 0 Å². The van der Waals surface area contributed by atoms with E-state index in [1.165, 1.54) is 12.5 Å². The Kier molecular flexibility index (Phi) is 2.72. The number of allylic oxidation sites excluding steroid dienone is 1. The topological polar surface area (TPSA) is 52.3 Å². The van der Waals surface area contributed by atoms with Gasteiger partial charge in [-0.05, 0) is 26.0 Å². The van der Waals surface area contributed by atoms with Crippen molar-refractivity contribution in [3.63, 3.8) is 0 Å². The molecule has 0 aliphatic heterocycles. The molecule has 0 N–H and O–H groups in total. The van der Waals surface area contributed by atoms with Crippen LogP contribution in [0.4, 0.5) is 0 Å². The summed E-state index contributed by atoms with van der Waals surface area (Å²) < 4.78 is 10.2. The van der Waals surface area contributed by atoms with Crippen LogP contribution in [-0.2, 0) is 4.79 Å². The van der Waals surface area contributed by atoms with E-state index in [2.05, 4.69) is 4.98 Å². The second-order valence-electron chi connectivity index (χ2n) is 3.62. The van der Waals surface area contributed by atoms with Crippen molar-refractivity contribution >= 4 is 17.1 Å². The Morgan fingerprint density at radius 3 is 3.00 bits per heavy atom. The Hall–Kier alpha value is -2.10. The number of aromatic nitrogens is 1. The molecule has 0 aliphatic carbocycles. The van der Waals surface area contributed by atoms with Crippen LogP contribution in [0.2, 0.25) is 0 Å². The zero-order valence-electron chi connectivity index (χ0n) is 9.06. The monoisotopic (exact) mass is 217 g/mol. The molecule has 1 heterocycles. The van der Waals surface area contributed by atoms with Crippen LogP contribution in [0, 0.1) is 0 Å². The number of rotatable bonds is 2. The van der Waals surface area contributed by atoms with Crippen LogP contribution in [0.3, 0.4) is 0 Å². The van der Waals surface area contributed by atoms with Gasteiger partial charge in [0.1, 0.15) is 11.3 Å². The summed E-state index contributed by atoms with van der Waals surface area (Å²) in [5.74, 6) is 0.0757. The van der Waals surface area contributed by atoms with Crippen molar-refractivity contribution in [2.75, 3.05) is 0 Å². The zero-order chi connectivity index (χ0) is 11.5. The van der Waals surface area contributed by atoms with Crippen molar-refractivity contribution < 1.29 is 13.9 Å². The maximum absolute atomic E-state index is 11.4. The first-order valence-corrected chi connectivity index (χ1v) is 4.85. The first-order chi connectivity index (χ1) is 7.65. The Bertz CT molecular complexity index is 550. The molecule has 0 bridgehead atoms. The number of hydrogen-bond donors (Lipinski definition) is 0. The molecular weight excluding hydrogens is 206 g/mol. The summed E-state index contributed by atoms with van der Waals surface area (Å²) in [6.07, 6.45) is 2.79. The maximum atomic E-state index is 11.4. The van der Waals surface area contributed by atoms with Gasteiger partial charge in [0, 0.05) is 12.1 Å². The summed E-state index contributed by atoms with van der Waals surface area (Å²) >= 11 is 0. The number of hydrogen-bond acceptors (Lipinski definition) is 4. The number of carbonyl (C=O) groups is 1. The van der Waals surface area contributed by atoms with Crippen molar-refractivity contribution in [2.24, 2.45) is 0 Å². The molecule has 0 saturated carbocycles. The van der Waals surface area contributed by atoms with Crippen LogP contribution < -0.4 is 4.74 Å². The van der Waals surface area contributed by atoms with Crippen molar-refractivity contribution in [1.29, 1.82) is 0 Å². The van der Waals surface area contributed by atoms with Gasteiger partial charge in [-0.25, -0.2) is 9.78 Å². The summed E-state index contributed by atoms with van der Waals surface area (Å²) in [7, 11) is 0. The fourth-order valence-electron chi connectivity index (χ4n) is 1.28. The second kappa shape index (κ2) is 4.18. The Labute approximate surface area is 92.5 Å². The molecule has 0 unspecified atom stereocenters. The predicted octanol–water partition coefficient (Wildman–Crippen LogP) is 2.70. The third-order valence-corrected chi connectivity index (χ3v) is 1.93. The largest absolute Gasteiger partial charge is 0.443 e. The van der Waals surface area contributed by atoms with E-state index in [-0.39, 0.29) is 5.97 Å². The average Bonchev–Trinajstić information content (AvgIpc) is 2.63. The minimum Gasteiger partial charge on any atom is -0.443 e. The fraction of sp³-hybridized carbons (Fsp3) is 0.167. The van der Waals surface area contributed by atoms with Crippen LogP contribution in [-0.4, -0.2) is 11.0 Å². The highest BCUT2D eigenvalue weighted by atomic mass is 16.5. The highest BCUT2D eigenvalue weighted by Gasteiger charge is 2.04. The summed E-state index contributed by atoms with van der Waals surface area (Å²) in [5.41, 5.74) is 2.23. The van der Waals surface area contributed by atoms with Gasteiger partial charge >= 0.3 is 5.97 Å². The lowest BCUT2D eigenvalue weighted by molar-refractivity contribution is -0.129. The molecule has 82 valence electrons. The van der Waals surface area contributed by atoms with E-state index in [0.717, 1.165) is 5.57 Å². The van der Waals surface area contributed by atoms with Gasteiger partial charge in [-0.3, -0.25) is 0 Å². The smallest absolute Gasteiger partial charge is 0.336 e. The lowest BCUT2D eigenvalue weighted by Gasteiger charge is -2.00. The van der Waals surface area contributed by atoms with Crippen molar-refractivity contribution in [2.45, 2.75) is 13.8 Å². The van der Waals surface area contributed by atoms with E-state index in [1.54, 1.807) is 18.2 Å². The highest BCUT2D eigenvalue weighted by molar-refractivity contribution is 5.85. The highest BCUT2D eigenvalue weighted by Crippen LogP contribution is 2.19. The lowest BCUT2D eigenvalue weighted by atomic mass is 10.3. The number of ether oxygens (including phenoxy) is 1. The van der Waals surface area contributed by atoms with E-state index < -0.39 is 0 Å². The summed E-state index contributed by atoms with van der Waals surface area (Å²) in [5, 5.41) is 0. The molecule has 1 aromatic heterocycles. The zero-order valence-corrected chi connectivity index (χ0v) is 9.06. The van der Waals surface area contributed by atoms with Gasteiger partial charge in [0.05, 0.1) is 0 Å². The van der Waals surface area contributed by atoms with Gasteiger partial charge in [0.2, 0.25) is 0 Å². The molecule has 2 rings (SSSR count). The van der Waals surface area contributed by atoms with Crippen LogP contribution in [0.25, 0.3) is 11.1 Å². The molecule has 0 spiro atoms. The standard InChI is InChI=1S/C12H11NO3/c1-8(2)5-12(14)16-9-3-4-11-10(6-9)13-7-15-11/h3-7H,1-2H3. The molecule has 0 fully saturated rings.